The molecule has 0 aliphatic heterocycles. The fraction of sp³-hybridized carbons (Fsp3) is 0.200. The summed E-state index contributed by atoms with van der Waals surface area (Å²) < 4.78 is 10.8. The number of halogens is 1. The first-order valence-electron chi connectivity index (χ1n) is 6.29. The van der Waals surface area contributed by atoms with Crippen LogP contribution >= 0.6 is 11.6 Å². The van der Waals surface area contributed by atoms with E-state index in [4.69, 9.17) is 21.1 Å². The summed E-state index contributed by atoms with van der Waals surface area (Å²) in [5, 5.41) is 0.573. The van der Waals surface area contributed by atoms with E-state index in [1.807, 2.05) is 25.1 Å². The number of benzene rings is 2. The highest BCUT2D eigenvalue weighted by atomic mass is 35.5. The molecule has 3 aromatic rings. The molecular formula is C15H13ClN2O2. The maximum atomic E-state index is 6.06. The molecule has 0 saturated carbocycles. The summed E-state index contributed by atoms with van der Waals surface area (Å²) >= 11 is 6.06. The van der Waals surface area contributed by atoms with E-state index in [1.165, 1.54) is 0 Å². The van der Waals surface area contributed by atoms with E-state index in [0.29, 0.717) is 28.4 Å². The van der Waals surface area contributed by atoms with Gasteiger partial charge in [0.1, 0.15) is 17.0 Å². The van der Waals surface area contributed by atoms with Crippen molar-refractivity contribution in [1.82, 2.24) is 9.97 Å². The van der Waals surface area contributed by atoms with Crippen LogP contribution in [0.2, 0.25) is 5.02 Å². The molecule has 0 aliphatic rings. The summed E-state index contributed by atoms with van der Waals surface area (Å²) in [6, 6.07) is 9.16. The van der Waals surface area contributed by atoms with Crippen molar-refractivity contribution >= 4 is 33.7 Å². The number of hydrogen-bond acceptors (Lipinski definition) is 4. The molecule has 20 heavy (non-hydrogen) atoms. The zero-order valence-corrected chi connectivity index (χ0v) is 11.9. The number of fused-ring (bicyclic) bond motifs is 2. The standard InChI is InChI=1S/C15H13ClN2O2/c1-3-20-10-4-5-11-12(8-10)17-13-6-9(16)7-14(19-2)15(13)18-11/h4-8H,3H2,1-2H3. The number of rotatable bonds is 3. The third kappa shape index (κ3) is 2.23. The van der Waals surface area contributed by atoms with Gasteiger partial charge in [-0.15, -0.1) is 0 Å². The molecule has 1 aromatic heterocycles. The van der Waals surface area contributed by atoms with Gasteiger partial charge in [-0.3, -0.25) is 0 Å². The molecule has 1 heterocycles. The van der Waals surface area contributed by atoms with E-state index in [0.717, 1.165) is 16.8 Å². The van der Waals surface area contributed by atoms with Crippen molar-refractivity contribution in [2.45, 2.75) is 6.92 Å². The molecule has 0 N–H and O–H groups in total. The van der Waals surface area contributed by atoms with E-state index < -0.39 is 0 Å². The molecule has 0 saturated heterocycles. The second kappa shape index (κ2) is 5.13. The van der Waals surface area contributed by atoms with Crippen LogP contribution in [0.25, 0.3) is 22.1 Å². The SMILES string of the molecule is CCOc1ccc2nc3c(OC)cc(Cl)cc3nc2c1. The lowest BCUT2D eigenvalue weighted by Crippen LogP contribution is -1.94. The smallest absolute Gasteiger partial charge is 0.148 e. The maximum absolute atomic E-state index is 6.06. The molecule has 0 amide bonds. The van der Waals surface area contributed by atoms with Crippen LogP contribution in [-0.4, -0.2) is 23.7 Å². The fourth-order valence-corrected chi connectivity index (χ4v) is 2.31. The van der Waals surface area contributed by atoms with Crippen LogP contribution in [0.4, 0.5) is 0 Å². The average Bonchev–Trinajstić information content (AvgIpc) is 2.44. The van der Waals surface area contributed by atoms with Gasteiger partial charge in [0.15, 0.2) is 0 Å². The van der Waals surface area contributed by atoms with Gasteiger partial charge in [-0.2, -0.15) is 0 Å². The van der Waals surface area contributed by atoms with Gasteiger partial charge in [-0.25, -0.2) is 9.97 Å². The predicted molar refractivity (Wildman–Crippen MR) is 79.8 cm³/mol. The molecule has 3 rings (SSSR count). The van der Waals surface area contributed by atoms with E-state index in [9.17, 15) is 0 Å². The van der Waals surface area contributed by atoms with Gasteiger partial charge in [-0.1, -0.05) is 11.6 Å². The number of methoxy groups -OCH3 is 1. The lowest BCUT2D eigenvalue weighted by atomic mass is 10.2. The zero-order chi connectivity index (χ0) is 14.1. The van der Waals surface area contributed by atoms with Gasteiger partial charge in [-0.05, 0) is 25.1 Å². The van der Waals surface area contributed by atoms with Crippen LogP contribution in [0, 0.1) is 0 Å². The van der Waals surface area contributed by atoms with Gasteiger partial charge in [0.2, 0.25) is 0 Å². The molecule has 0 fully saturated rings. The Balaban J connectivity index is 2.28. The van der Waals surface area contributed by atoms with Gasteiger partial charge < -0.3 is 9.47 Å². The zero-order valence-electron chi connectivity index (χ0n) is 11.2. The Hall–Kier alpha value is -2.07. The van der Waals surface area contributed by atoms with Crippen molar-refractivity contribution < 1.29 is 9.47 Å². The van der Waals surface area contributed by atoms with Crippen LogP contribution in [0.3, 0.4) is 0 Å². The Labute approximate surface area is 121 Å². The third-order valence-corrected chi connectivity index (χ3v) is 3.19. The summed E-state index contributed by atoms with van der Waals surface area (Å²) in [4.78, 5) is 9.17. The van der Waals surface area contributed by atoms with Crippen molar-refractivity contribution in [2.24, 2.45) is 0 Å². The summed E-state index contributed by atoms with van der Waals surface area (Å²) in [7, 11) is 1.59. The van der Waals surface area contributed by atoms with Crippen LogP contribution in [0.15, 0.2) is 30.3 Å². The average molecular weight is 289 g/mol. The monoisotopic (exact) mass is 288 g/mol. The molecule has 4 nitrogen and oxygen atoms in total. The van der Waals surface area contributed by atoms with Crippen molar-refractivity contribution in [3.63, 3.8) is 0 Å². The molecule has 0 atom stereocenters. The molecule has 2 aromatic carbocycles. The highest BCUT2D eigenvalue weighted by Crippen LogP contribution is 2.29. The summed E-state index contributed by atoms with van der Waals surface area (Å²) in [6.07, 6.45) is 0. The number of aromatic nitrogens is 2. The van der Waals surface area contributed by atoms with Crippen LogP contribution < -0.4 is 9.47 Å². The lowest BCUT2D eigenvalue weighted by molar-refractivity contribution is 0.340. The second-order valence-electron chi connectivity index (χ2n) is 4.28. The Morgan fingerprint density at radius 1 is 1.05 bits per heavy atom. The summed E-state index contributed by atoms with van der Waals surface area (Å²) in [6.45, 7) is 2.56. The quantitative estimate of drug-likeness (QED) is 0.687. The first-order chi connectivity index (χ1) is 9.71. The number of nitrogens with zero attached hydrogens (tertiary/aromatic N) is 2. The normalized spacial score (nSPS) is 10.9. The highest BCUT2D eigenvalue weighted by molar-refractivity contribution is 6.31. The van der Waals surface area contributed by atoms with Crippen molar-refractivity contribution in [3.8, 4) is 11.5 Å². The molecule has 0 radical (unpaired) electrons. The van der Waals surface area contributed by atoms with E-state index >= 15 is 0 Å². The molecule has 102 valence electrons. The maximum Gasteiger partial charge on any atom is 0.148 e. The minimum absolute atomic E-state index is 0.573. The molecular weight excluding hydrogens is 276 g/mol. The van der Waals surface area contributed by atoms with Crippen LogP contribution in [0.1, 0.15) is 6.92 Å². The third-order valence-electron chi connectivity index (χ3n) is 2.97. The first-order valence-corrected chi connectivity index (χ1v) is 6.67. The molecule has 0 spiro atoms. The van der Waals surface area contributed by atoms with Gasteiger partial charge >= 0.3 is 0 Å². The Kier molecular flexibility index (Phi) is 3.32. The van der Waals surface area contributed by atoms with Gasteiger partial charge in [0, 0.05) is 17.2 Å². The van der Waals surface area contributed by atoms with E-state index in [-0.39, 0.29) is 0 Å². The van der Waals surface area contributed by atoms with Gasteiger partial charge in [0.05, 0.1) is 30.3 Å². The van der Waals surface area contributed by atoms with E-state index in [2.05, 4.69) is 9.97 Å². The molecule has 0 aliphatic carbocycles. The highest BCUT2D eigenvalue weighted by Gasteiger charge is 2.09. The Bertz CT molecular complexity index is 790. The number of hydrogen-bond donors (Lipinski definition) is 0. The molecule has 0 bridgehead atoms. The summed E-state index contributed by atoms with van der Waals surface area (Å²) in [5.41, 5.74) is 2.97. The second-order valence-corrected chi connectivity index (χ2v) is 4.72. The van der Waals surface area contributed by atoms with Crippen LogP contribution in [0.5, 0.6) is 11.5 Å². The topological polar surface area (TPSA) is 44.2 Å². The minimum Gasteiger partial charge on any atom is -0.494 e. The largest absolute Gasteiger partial charge is 0.494 e. The Morgan fingerprint density at radius 2 is 1.90 bits per heavy atom. The summed E-state index contributed by atoms with van der Waals surface area (Å²) in [5.74, 6) is 1.40. The fourth-order valence-electron chi connectivity index (χ4n) is 2.11. The molecule has 5 heteroatoms. The molecule has 0 unspecified atom stereocenters. The van der Waals surface area contributed by atoms with Crippen molar-refractivity contribution in [3.05, 3.63) is 35.4 Å². The van der Waals surface area contributed by atoms with Gasteiger partial charge in [0.25, 0.3) is 0 Å². The van der Waals surface area contributed by atoms with E-state index in [1.54, 1.807) is 19.2 Å². The first kappa shape index (κ1) is 12.9. The Morgan fingerprint density at radius 3 is 2.65 bits per heavy atom. The van der Waals surface area contributed by atoms with Crippen molar-refractivity contribution in [1.29, 1.82) is 0 Å². The van der Waals surface area contributed by atoms with Crippen LogP contribution in [-0.2, 0) is 0 Å². The predicted octanol–water partition coefficient (Wildman–Crippen LogP) is 3.84. The van der Waals surface area contributed by atoms with Crippen molar-refractivity contribution in [2.75, 3.05) is 13.7 Å². The number of ether oxygens (including phenoxy) is 2. The lowest BCUT2D eigenvalue weighted by Gasteiger charge is -2.08. The minimum atomic E-state index is 0.573.